The first-order valence-electron chi connectivity index (χ1n) is 2.44. The van der Waals surface area contributed by atoms with E-state index in [2.05, 4.69) is 0 Å². The maximum absolute atomic E-state index is 9.70. The predicted molar refractivity (Wildman–Crippen MR) is 40.0 cm³/mol. The summed E-state index contributed by atoms with van der Waals surface area (Å²) in [7, 11) is 14.9. The van der Waals surface area contributed by atoms with Crippen molar-refractivity contribution in [3.05, 3.63) is 0 Å². The van der Waals surface area contributed by atoms with E-state index in [1.54, 1.807) is 13.8 Å². The molecule has 0 saturated heterocycles. The number of carboxylic acids is 1. The number of halogens is 3. The fourth-order valence-corrected chi connectivity index (χ4v) is 0. The molecule has 0 aliphatic rings. The molecular weight excluding hydrogens is 234 g/mol. The summed E-state index contributed by atoms with van der Waals surface area (Å²) in [4.78, 5) is 9.70. The number of carbonyl (C=O) groups is 1. The van der Waals surface area contributed by atoms with Gasteiger partial charge in [0, 0.05) is 0 Å². The second-order valence-corrected chi connectivity index (χ2v) is 9.44. The molecule has 0 aromatic carbocycles. The van der Waals surface area contributed by atoms with Crippen LogP contribution in [0.1, 0.15) is 13.8 Å². The average Bonchev–Trinajstić information content (AvgIpc) is 1.63. The van der Waals surface area contributed by atoms with Gasteiger partial charge in [-0.2, -0.15) is 0 Å². The molecule has 0 rings (SSSR count). The molecule has 0 aliphatic carbocycles. The van der Waals surface area contributed by atoms with Crippen molar-refractivity contribution in [2.24, 2.45) is 5.92 Å². The Kier molecular flexibility index (Phi) is 11.1. The molecule has 0 heterocycles. The second-order valence-electron chi connectivity index (χ2n) is 1.71. The minimum absolute atomic E-state index is 0.231. The molecule has 1 N–H and O–H groups in total. The number of aliphatic carboxylic acids is 1. The summed E-state index contributed by atoms with van der Waals surface area (Å²) in [5.74, 6) is -0.972. The van der Waals surface area contributed by atoms with E-state index in [-0.39, 0.29) is 5.92 Å². The van der Waals surface area contributed by atoms with Crippen molar-refractivity contribution in [1.82, 2.24) is 0 Å². The van der Waals surface area contributed by atoms with Crippen LogP contribution in [0.15, 0.2) is 0 Å². The summed E-state index contributed by atoms with van der Waals surface area (Å²) in [6, 6.07) is 0. The van der Waals surface area contributed by atoms with Crippen LogP contribution >= 0.6 is 27.9 Å². The monoisotopic (exact) mass is 241 g/mol. The van der Waals surface area contributed by atoms with Crippen LogP contribution < -0.4 is 0 Å². The fourth-order valence-electron chi connectivity index (χ4n) is 0. The summed E-state index contributed by atoms with van der Waals surface area (Å²) in [5.41, 5.74) is 0. The standard InChI is InChI=1S/C4H8O2.3ClH.Ti/c1-3(2)4(5)6;;;;/h3H,1-2H3,(H,5,6);3*1H;/q;;;;+3/p-3. The molecule has 0 amide bonds. The van der Waals surface area contributed by atoms with Crippen molar-refractivity contribution in [2.45, 2.75) is 13.8 Å². The molecule has 0 aliphatic heterocycles. The van der Waals surface area contributed by atoms with Crippen molar-refractivity contribution >= 4 is 33.9 Å². The molecule has 6 heteroatoms. The van der Waals surface area contributed by atoms with E-state index in [0.29, 0.717) is 0 Å². The van der Waals surface area contributed by atoms with Crippen LogP contribution in [-0.2, 0) is 19.5 Å². The molecular formula is C4H8Cl3O2Ti. The van der Waals surface area contributed by atoms with E-state index in [1.807, 2.05) is 0 Å². The van der Waals surface area contributed by atoms with Gasteiger partial charge >= 0.3 is 48.6 Å². The van der Waals surface area contributed by atoms with Gasteiger partial charge in [0.15, 0.2) is 0 Å². The van der Waals surface area contributed by atoms with Crippen molar-refractivity contribution in [3.63, 3.8) is 0 Å². The van der Waals surface area contributed by atoms with E-state index >= 15 is 0 Å². The van der Waals surface area contributed by atoms with Crippen LogP contribution in [0.3, 0.4) is 0 Å². The first-order chi connectivity index (χ1) is 4.37. The molecule has 0 spiro atoms. The van der Waals surface area contributed by atoms with E-state index < -0.39 is 20.7 Å². The van der Waals surface area contributed by atoms with Crippen LogP contribution in [0.25, 0.3) is 0 Å². The van der Waals surface area contributed by atoms with Gasteiger partial charge in [-0.1, -0.05) is 13.8 Å². The zero-order chi connectivity index (χ0) is 8.73. The SMILES string of the molecule is CC(C)C(=O)O.[Cl][Ti]([Cl])[Cl]. The molecule has 0 atom stereocenters. The summed E-state index contributed by atoms with van der Waals surface area (Å²) in [5, 5.41) is 7.99. The van der Waals surface area contributed by atoms with Crippen LogP contribution in [0, 0.1) is 5.92 Å². The Morgan fingerprint density at radius 3 is 1.50 bits per heavy atom. The first kappa shape index (κ1) is 13.6. The van der Waals surface area contributed by atoms with Gasteiger partial charge in [-0.3, -0.25) is 4.79 Å². The molecule has 0 saturated carbocycles. The molecule has 0 unspecified atom stereocenters. The van der Waals surface area contributed by atoms with E-state index in [0.717, 1.165) is 0 Å². The first-order valence-corrected chi connectivity index (χ1v) is 8.88. The average molecular weight is 242 g/mol. The number of hydrogen-bond acceptors (Lipinski definition) is 1. The van der Waals surface area contributed by atoms with Crippen LogP contribution in [0.5, 0.6) is 0 Å². The summed E-state index contributed by atoms with van der Waals surface area (Å²) in [6.45, 7) is 3.28. The number of rotatable bonds is 1. The molecule has 10 heavy (non-hydrogen) atoms. The van der Waals surface area contributed by atoms with E-state index in [9.17, 15) is 4.79 Å². The molecule has 0 aromatic heterocycles. The molecule has 61 valence electrons. The quantitative estimate of drug-likeness (QED) is 0.718. The zero-order valence-corrected chi connectivity index (χ0v) is 9.40. The van der Waals surface area contributed by atoms with E-state index in [1.165, 1.54) is 0 Å². The van der Waals surface area contributed by atoms with Gasteiger partial charge in [-0.05, 0) is 0 Å². The van der Waals surface area contributed by atoms with Gasteiger partial charge in [-0.25, -0.2) is 0 Å². The van der Waals surface area contributed by atoms with Crippen molar-refractivity contribution in [2.75, 3.05) is 0 Å². The third-order valence-corrected chi connectivity index (χ3v) is 0.494. The van der Waals surface area contributed by atoms with Gasteiger partial charge in [0.05, 0.1) is 5.92 Å². The van der Waals surface area contributed by atoms with Crippen molar-refractivity contribution in [3.8, 4) is 0 Å². The van der Waals surface area contributed by atoms with Crippen molar-refractivity contribution in [1.29, 1.82) is 0 Å². The fraction of sp³-hybridized carbons (Fsp3) is 0.750. The summed E-state index contributed by atoms with van der Waals surface area (Å²) >= 11 is -1.92. The maximum atomic E-state index is 9.70. The third-order valence-electron chi connectivity index (χ3n) is 0.494. The number of carboxylic acid groups (broad SMARTS) is 1. The third kappa shape index (κ3) is 23.0. The topological polar surface area (TPSA) is 37.3 Å². The summed E-state index contributed by atoms with van der Waals surface area (Å²) < 4.78 is 0. The Bertz CT molecular complexity index is 93.7. The normalized spacial score (nSPS) is 8.20. The Balaban J connectivity index is 0. The van der Waals surface area contributed by atoms with Crippen LogP contribution in [0.2, 0.25) is 0 Å². The van der Waals surface area contributed by atoms with Gasteiger partial charge in [0.25, 0.3) is 0 Å². The minimum atomic E-state index is -1.92. The van der Waals surface area contributed by atoms with Crippen molar-refractivity contribution < 1.29 is 24.6 Å². The van der Waals surface area contributed by atoms with Gasteiger partial charge in [-0.15, -0.1) is 0 Å². The van der Waals surface area contributed by atoms with E-state index in [4.69, 9.17) is 33.0 Å². The van der Waals surface area contributed by atoms with Gasteiger partial charge < -0.3 is 5.11 Å². The van der Waals surface area contributed by atoms with Gasteiger partial charge in [0.2, 0.25) is 0 Å². The molecule has 0 radical (unpaired) electrons. The van der Waals surface area contributed by atoms with Crippen LogP contribution in [-0.4, -0.2) is 11.1 Å². The van der Waals surface area contributed by atoms with Gasteiger partial charge in [0.1, 0.15) is 0 Å². The molecule has 2 nitrogen and oxygen atoms in total. The van der Waals surface area contributed by atoms with Crippen LogP contribution in [0.4, 0.5) is 0 Å². The molecule has 0 bridgehead atoms. The summed E-state index contributed by atoms with van der Waals surface area (Å²) in [6.07, 6.45) is 0. The zero-order valence-electron chi connectivity index (χ0n) is 5.57. The predicted octanol–water partition coefficient (Wildman–Crippen LogP) is 2.79. The second kappa shape index (κ2) is 8.15. The Labute approximate surface area is 77.9 Å². The Morgan fingerprint density at radius 1 is 1.40 bits per heavy atom. The molecule has 0 aromatic rings. The number of hydrogen-bond donors (Lipinski definition) is 1. The Morgan fingerprint density at radius 2 is 1.50 bits per heavy atom. The molecule has 0 fully saturated rings. The Hall–Kier alpha value is 1.05.